The van der Waals surface area contributed by atoms with E-state index in [1.165, 1.54) is 6.07 Å². The van der Waals surface area contributed by atoms with Gasteiger partial charge in [-0.1, -0.05) is 31.2 Å². The number of aryl methyl sites for hydroxylation is 1. The van der Waals surface area contributed by atoms with Gasteiger partial charge < -0.3 is 9.47 Å². The Hall–Kier alpha value is -1.74. The molecule has 20 heavy (non-hydrogen) atoms. The highest BCUT2D eigenvalue weighted by atomic mass is 35.5. The predicted octanol–water partition coefficient (Wildman–Crippen LogP) is 4.85. The molecule has 2 aromatic carbocycles. The van der Waals surface area contributed by atoms with Crippen molar-refractivity contribution in [1.82, 2.24) is 0 Å². The maximum Gasteiger partial charge on any atom is 0.168 e. The second-order valence-corrected chi connectivity index (χ2v) is 4.71. The standard InChI is InChI=1S/C16H16ClFO2/c1-5-9-7-13(19-3)16(20-4)14-10(6-2)15(17)12(18)8-11(9)14/h5,7-8H,1,6H2,2-4H3. The van der Waals surface area contributed by atoms with Gasteiger partial charge in [-0.15, -0.1) is 0 Å². The summed E-state index contributed by atoms with van der Waals surface area (Å²) < 4.78 is 24.8. The largest absolute Gasteiger partial charge is 0.493 e. The molecule has 0 atom stereocenters. The summed E-state index contributed by atoms with van der Waals surface area (Å²) in [7, 11) is 3.12. The lowest BCUT2D eigenvalue weighted by atomic mass is 9.96. The summed E-state index contributed by atoms with van der Waals surface area (Å²) in [6.07, 6.45) is 2.25. The molecule has 0 radical (unpaired) electrons. The van der Waals surface area contributed by atoms with Gasteiger partial charge in [-0.3, -0.25) is 0 Å². The lowest BCUT2D eigenvalue weighted by molar-refractivity contribution is 0.358. The first-order chi connectivity index (χ1) is 9.58. The highest BCUT2D eigenvalue weighted by Gasteiger charge is 2.19. The summed E-state index contributed by atoms with van der Waals surface area (Å²) in [4.78, 5) is 0. The summed E-state index contributed by atoms with van der Waals surface area (Å²) in [5, 5.41) is 1.62. The molecular formula is C16H16ClFO2. The van der Waals surface area contributed by atoms with Crippen molar-refractivity contribution in [2.24, 2.45) is 0 Å². The van der Waals surface area contributed by atoms with Gasteiger partial charge in [0.15, 0.2) is 11.5 Å². The van der Waals surface area contributed by atoms with Crippen LogP contribution in [0.3, 0.4) is 0 Å². The van der Waals surface area contributed by atoms with Crippen LogP contribution in [0.4, 0.5) is 4.39 Å². The average Bonchev–Trinajstić information content (AvgIpc) is 2.47. The maximum atomic E-state index is 14.0. The van der Waals surface area contributed by atoms with Crippen molar-refractivity contribution in [3.8, 4) is 11.5 Å². The number of halogens is 2. The van der Waals surface area contributed by atoms with E-state index in [0.29, 0.717) is 23.5 Å². The topological polar surface area (TPSA) is 18.5 Å². The Kier molecular flexibility index (Phi) is 4.19. The van der Waals surface area contributed by atoms with Crippen LogP contribution in [-0.4, -0.2) is 14.2 Å². The Bertz CT molecular complexity index is 680. The fourth-order valence-electron chi connectivity index (χ4n) is 2.43. The molecule has 2 rings (SSSR count). The van der Waals surface area contributed by atoms with E-state index < -0.39 is 5.82 Å². The molecule has 0 aliphatic rings. The van der Waals surface area contributed by atoms with Crippen LogP contribution in [0.15, 0.2) is 18.7 Å². The molecule has 0 aliphatic heterocycles. The lowest BCUT2D eigenvalue weighted by Gasteiger charge is -2.17. The molecule has 0 saturated heterocycles. The van der Waals surface area contributed by atoms with E-state index in [9.17, 15) is 4.39 Å². The molecule has 0 amide bonds. The van der Waals surface area contributed by atoms with Crippen LogP contribution in [0.5, 0.6) is 11.5 Å². The van der Waals surface area contributed by atoms with Gasteiger partial charge in [0.1, 0.15) is 5.82 Å². The second-order valence-electron chi connectivity index (χ2n) is 4.33. The molecule has 0 spiro atoms. The van der Waals surface area contributed by atoms with Crippen molar-refractivity contribution in [1.29, 1.82) is 0 Å². The van der Waals surface area contributed by atoms with Crippen molar-refractivity contribution < 1.29 is 13.9 Å². The van der Waals surface area contributed by atoms with Crippen molar-refractivity contribution in [3.63, 3.8) is 0 Å². The highest BCUT2D eigenvalue weighted by molar-refractivity contribution is 6.32. The first-order valence-electron chi connectivity index (χ1n) is 6.26. The van der Waals surface area contributed by atoms with Crippen molar-refractivity contribution in [2.45, 2.75) is 13.3 Å². The van der Waals surface area contributed by atoms with Gasteiger partial charge in [0.05, 0.1) is 19.2 Å². The zero-order valence-electron chi connectivity index (χ0n) is 11.7. The van der Waals surface area contributed by atoms with Gasteiger partial charge in [0.25, 0.3) is 0 Å². The van der Waals surface area contributed by atoms with Crippen molar-refractivity contribution >= 4 is 28.4 Å². The van der Waals surface area contributed by atoms with E-state index in [2.05, 4.69) is 6.58 Å². The molecule has 2 nitrogen and oxygen atoms in total. The van der Waals surface area contributed by atoms with Gasteiger partial charge in [0, 0.05) is 5.39 Å². The molecule has 0 heterocycles. The van der Waals surface area contributed by atoms with E-state index in [4.69, 9.17) is 21.1 Å². The molecule has 4 heteroatoms. The summed E-state index contributed by atoms with van der Waals surface area (Å²) in [5.74, 6) is 0.700. The van der Waals surface area contributed by atoms with Crippen molar-refractivity contribution in [3.05, 3.63) is 40.7 Å². The van der Waals surface area contributed by atoms with Crippen LogP contribution in [0.2, 0.25) is 5.02 Å². The van der Waals surface area contributed by atoms with Crippen LogP contribution >= 0.6 is 11.6 Å². The quantitative estimate of drug-likeness (QED) is 0.802. The summed E-state index contributed by atoms with van der Waals surface area (Å²) in [6.45, 7) is 5.69. The Balaban J connectivity index is 3.07. The number of methoxy groups -OCH3 is 2. The molecule has 0 bridgehead atoms. The molecule has 106 valence electrons. The zero-order chi connectivity index (χ0) is 14.9. The van der Waals surface area contributed by atoms with E-state index >= 15 is 0 Å². The average molecular weight is 295 g/mol. The number of hydrogen-bond donors (Lipinski definition) is 0. The van der Waals surface area contributed by atoms with Gasteiger partial charge in [-0.25, -0.2) is 4.39 Å². The van der Waals surface area contributed by atoms with Gasteiger partial charge in [-0.05, 0) is 35.1 Å². The fourth-order valence-corrected chi connectivity index (χ4v) is 2.71. The number of ether oxygens (including phenoxy) is 2. The second kappa shape index (κ2) is 5.71. The minimum atomic E-state index is -0.439. The molecular weight excluding hydrogens is 279 g/mol. The van der Waals surface area contributed by atoms with Gasteiger partial charge in [-0.2, -0.15) is 0 Å². The molecule has 0 aromatic heterocycles. The molecule has 0 fully saturated rings. The lowest BCUT2D eigenvalue weighted by Crippen LogP contribution is -1.98. The monoisotopic (exact) mass is 294 g/mol. The fraction of sp³-hybridized carbons (Fsp3) is 0.250. The third-order valence-corrected chi connectivity index (χ3v) is 3.77. The molecule has 0 N–H and O–H groups in total. The first kappa shape index (κ1) is 14.7. The van der Waals surface area contributed by atoms with Crippen LogP contribution in [0, 0.1) is 5.82 Å². The molecule has 0 saturated carbocycles. The first-order valence-corrected chi connectivity index (χ1v) is 6.64. The van der Waals surface area contributed by atoms with Crippen LogP contribution in [0.25, 0.3) is 16.8 Å². The zero-order valence-corrected chi connectivity index (χ0v) is 12.5. The Morgan fingerprint density at radius 1 is 1.30 bits per heavy atom. The van der Waals surface area contributed by atoms with E-state index in [0.717, 1.165) is 16.3 Å². The van der Waals surface area contributed by atoms with Crippen LogP contribution < -0.4 is 9.47 Å². The highest BCUT2D eigenvalue weighted by Crippen LogP contribution is 2.43. The van der Waals surface area contributed by atoms with Gasteiger partial charge >= 0.3 is 0 Å². The number of benzene rings is 2. The van der Waals surface area contributed by atoms with E-state index in [-0.39, 0.29) is 5.02 Å². The SMILES string of the molecule is C=Cc1cc(OC)c(OC)c2c(CC)c(Cl)c(F)cc12. The third kappa shape index (κ3) is 2.12. The van der Waals surface area contributed by atoms with E-state index in [1.54, 1.807) is 26.4 Å². The summed E-state index contributed by atoms with van der Waals surface area (Å²) in [6, 6.07) is 3.19. The van der Waals surface area contributed by atoms with Crippen molar-refractivity contribution in [2.75, 3.05) is 14.2 Å². The predicted molar refractivity (Wildman–Crippen MR) is 81.5 cm³/mol. The smallest absolute Gasteiger partial charge is 0.168 e. The molecule has 2 aromatic rings. The number of rotatable bonds is 4. The van der Waals surface area contributed by atoms with Crippen LogP contribution in [-0.2, 0) is 6.42 Å². The number of hydrogen-bond acceptors (Lipinski definition) is 2. The van der Waals surface area contributed by atoms with Gasteiger partial charge in [0.2, 0.25) is 0 Å². The van der Waals surface area contributed by atoms with Crippen LogP contribution in [0.1, 0.15) is 18.1 Å². The van der Waals surface area contributed by atoms with E-state index in [1.807, 2.05) is 6.92 Å². The Morgan fingerprint density at radius 2 is 2.00 bits per heavy atom. The molecule has 0 aliphatic carbocycles. The summed E-state index contributed by atoms with van der Waals surface area (Å²) in [5.41, 5.74) is 1.49. The minimum absolute atomic E-state index is 0.126. The Morgan fingerprint density at radius 3 is 2.50 bits per heavy atom. The normalized spacial score (nSPS) is 10.7. The molecule has 0 unspecified atom stereocenters. The summed E-state index contributed by atoms with van der Waals surface area (Å²) >= 11 is 6.10. The minimum Gasteiger partial charge on any atom is -0.493 e. The maximum absolute atomic E-state index is 14.0. The Labute approximate surface area is 122 Å². The number of fused-ring (bicyclic) bond motifs is 1. The third-order valence-electron chi connectivity index (χ3n) is 3.36.